The molecule has 1 unspecified atom stereocenters. The lowest BCUT2D eigenvalue weighted by Crippen LogP contribution is -2.29. The van der Waals surface area contributed by atoms with Crippen molar-refractivity contribution in [2.24, 2.45) is 13.0 Å². The van der Waals surface area contributed by atoms with Crippen molar-refractivity contribution < 1.29 is 0 Å². The largest absolute Gasteiger partial charge is 0.311 e. The van der Waals surface area contributed by atoms with Crippen molar-refractivity contribution >= 4 is 15.9 Å². The van der Waals surface area contributed by atoms with Gasteiger partial charge in [0.25, 0.3) is 0 Å². The van der Waals surface area contributed by atoms with E-state index < -0.39 is 0 Å². The second-order valence-corrected chi connectivity index (χ2v) is 5.30. The van der Waals surface area contributed by atoms with Crippen LogP contribution in [0.15, 0.2) is 4.60 Å². The Morgan fingerprint density at radius 3 is 2.56 bits per heavy atom. The van der Waals surface area contributed by atoms with E-state index in [4.69, 9.17) is 0 Å². The lowest BCUT2D eigenvalue weighted by molar-refractivity contribution is 0.272. The highest BCUT2D eigenvalue weighted by molar-refractivity contribution is 9.10. The van der Waals surface area contributed by atoms with Crippen LogP contribution in [0.5, 0.6) is 0 Å². The normalized spacial score (nSPS) is 19.9. The molecular formula is C11H19BrN4. The van der Waals surface area contributed by atoms with Crippen molar-refractivity contribution in [1.29, 1.82) is 0 Å². The Balaban J connectivity index is 2.21. The summed E-state index contributed by atoms with van der Waals surface area (Å²) in [5.41, 5.74) is 1.18. The van der Waals surface area contributed by atoms with Crippen molar-refractivity contribution in [2.75, 3.05) is 7.05 Å². The van der Waals surface area contributed by atoms with E-state index in [-0.39, 0.29) is 0 Å². The molecule has 1 aromatic rings. The summed E-state index contributed by atoms with van der Waals surface area (Å²) in [6.45, 7) is 0. The first-order valence-electron chi connectivity index (χ1n) is 5.96. The molecule has 1 aliphatic carbocycles. The van der Waals surface area contributed by atoms with Crippen LogP contribution in [0.1, 0.15) is 43.8 Å². The quantitative estimate of drug-likeness (QED) is 0.928. The van der Waals surface area contributed by atoms with Crippen molar-refractivity contribution in [3.63, 3.8) is 0 Å². The molecule has 0 aliphatic heterocycles. The van der Waals surface area contributed by atoms with Gasteiger partial charge in [-0.15, -0.1) is 5.10 Å². The third kappa shape index (κ3) is 2.30. The third-order valence-electron chi connectivity index (χ3n) is 3.55. The molecule has 1 saturated carbocycles. The van der Waals surface area contributed by atoms with Crippen LogP contribution in [0.2, 0.25) is 0 Å². The molecule has 0 saturated heterocycles. The minimum atomic E-state index is 0.370. The highest BCUT2D eigenvalue weighted by Crippen LogP contribution is 2.35. The summed E-state index contributed by atoms with van der Waals surface area (Å²) < 4.78 is 2.75. The Morgan fingerprint density at radius 1 is 1.38 bits per heavy atom. The van der Waals surface area contributed by atoms with Crippen molar-refractivity contribution in [3.05, 3.63) is 10.3 Å². The van der Waals surface area contributed by atoms with Gasteiger partial charge in [-0.3, -0.25) is 0 Å². The van der Waals surface area contributed by atoms with E-state index in [0.717, 1.165) is 4.60 Å². The zero-order valence-electron chi connectivity index (χ0n) is 9.91. The third-order valence-corrected chi connectivity index (χ3v) is 4.12. The van der Waals surface area contributed by atoms with Gasteiger partial charge in [0.2, 0.25) is 0 Å². The van der Waals surface area contributed by atoms with E-state index in [0.29, 0.717) is 12.0 Å². The molecule has 1 aliphatic rings. The molecule has 4 nitrogen and oxygen atoms in total. The van der Waals surface area contributed by atoms with E-state index in [1.54, 1.807) is 0 Å². The number of hydrogen-bond donors (Lipinski definition) is 1. The molecule has 1 fully saturated rings. The molecule has 0 amide bonds. The first-order valence-corrected chi connectivity index (χ1v) is 6.75. The van der Waals surface area contributed by atoms with Crippen LogP contribution >= 0.6 is 15.9 Å². The Morgan fingerprint density at radius 2 is 2.06 bits per heavy atom. The predicted octanol–water partition coefficient (Wildman–Crippen LogP) is 2.42. The summed E-state index contributed by atoms with van der Waals surface area (Å²) in [6, 6.07) is 0.370. The van der Waals surface area contributed by atoms with Crippen molar-refractivity contribution in [1.82, 2.24) is 20.3 Å². The Kier molecular flexibility index (Phi) is 3.97. The lowest BCUT2D eigenvalue weighted by Gasteiger charge is -2.30. The fourth-order valence-electron chi connectivity index (χ4n) is 2.73. The van der Waals surface area contributed by atoms with Gasteiger partial charge < -0.3 is 5.32 Å². The number of rotatable bonds is 3. The molecule has 0 radical (unpaired) electrons. The first kappa shape index (κ1) is 12.0. The second-order valence-electron chi connectivity index (χ2n) is 4.55. The van der Waals surface area contributed by atoms with Gasteiger partial charge in [-0.1, -0.05) is 24.5 Å². The smallest absolute Gasteiger partial charge is 0.153 e. The van der Waals surface area contributed by atoms with Gasteiger partial charge in [0, 0.05) is 7.05 Å². The lowest BCUT2D eigenvalue weighted by atomic mass is 9.83. The second kappa shape index (κ2) is 5.27. The predicted molar refractivity (Wildman–Crippen MR) is 67.1 cm³/mol. The molecule has 90 valence electrons. The van der Waals surface area contributed by atoms with Crippen LogP contribution in [-0.4, -0.2) is 22.0 Å². The Hall–Kier alpha value is -0.420. The summed E-state index contributed by atoms with van der Waals surface area (Å²) in [4.78, 5) is 0. The zero-order valence-corrected chi connectivity index (χ0v) is 11.5. The Bertz CT molecular complexity index is 324. The highest BCUT2D eigenvalue weighted by Gasteiger charge is 2.28. The monoisotopic (exact) mass is 286 g/mol. The molecule has 2 rings (SSSR count). The van der Waals surface area contributed by atoms with E-state index in [1.165, 1.54) is 37.8 Å². The van der Waals surface area contributed by atoms with Gasteiger partial charge >= 0.3 is 0 Å². The van der Waals surface area contributed by atoms with E-state index >= 15 is 0 Å². The van der Waals surface area contributed by atoms with Gasteiger partial charge in [-0.05, 0) is 41.7 Å². The number of aryl methyl sites for hydroxylation is 1. The highest BCUT2D eigenvalue weighted by atomic mass is 79.9. The number of nitrogens with one attached hydrogen (secondary N) is 1. The average molecular weight is 287 g/mol. The van der Waals surface area contributed by atoms with Gasteiger partial charge in [-0.25, -0.2) is 4.68 Å². The van der Waals surface area contributed by atoms with Gasteiger partial charge in [0.05, 0.1) is 11.7 Å². The average Bonchev–Trinajstić information content (AvgIpc) is 2.63. The standard InChI is InChI=1S/C11H19BrN4/c1-13-9(8-6-4-3-5-7-8)10-11(12)14-15-16(10)2/h8-9,13H,3-7H2,1-2H3. The molecule has 1 N–H and O–H groups in total. The molecule has 1 atom stereocenters. The molecular weight excluding hydrogens is 268 g/mol. The number of halogens is 1. The molecule has 0 aromatic carbocycles. The minimum Gasteiger partial charge on any atom is -0.311 e. The summed E-state index contributed by atoms with van der Waals surface area (Å²) >= 11 is 3.49. The first-order chi connectivity index (χ1) is 7.74. The maximum absolute atomic E-state index is 4.07. The minimum absolute atomic E-state index is 0.370. The van der Waals surface area contributed by atoms with Gasteiger partial charge in [-0.2, -0.15) is 0 Å². The van der Waals surface area contributed by atoms with E-state index in [9.17, 15) is 0 Å². The summed E-state index contributed by atoms with van der Waals surface area (Å²) in [6.07, 6.45) is 6.71. The molecule has 0 bridgehead atoms. The van der Waals surface area contributed by atoms with Crippen LogP contribution in [0, 0.1) is 5.92 Å². The maximum atomic E-state index is 4.07. The molecule has 1 aromatic heterocycles. The summed E-state index contributed by atoms with van der Waals surface area (Å²) in [5, 5.41) is 11.6. The fraction of sp³-hybridized carbons (Fsp3) is 0.818. The van der Waals surface area contributed by atoms with Crippen molar-refractivity contribution in [2.45, 2.75) is 38.1 Å². The Labute approximate surface area is 105 Å². The topological polar surface area (TPSA) is 42.7 Å². The number of nitrogens with zero attached hydrogens (tertiary/aromatic N) is 3. The number of aromatic nitrogens is 3. The molecule has 16 heavy (non-hydrogen) atoms. The van der Waals surface area contributed by atoms with Crippen LogP contribution in [0.4, 0.5) is 0 Å². The summed E-state index contributed by atoms with van der Waals surface area (Å²) in [7, 11) is 3.99. The maximum Gasteiger partial charge on any atom is 0.153 e. The van der Waals surface area contributed by atoms with Crippen LogP contribution in [-0.2, 0) is 7.05 Å². The van der Waals surface area contributed by atoms with Crippen LogP contribution < -0.4 is 5.32 Å². The SMILES string of the molecule is CNC(c1c(Br)nnn1C)C1CCCCC1. The van der Waals surface area contributed by atoms with Crippen molar-refractivity contribution in [3.8, 4) is 0 Å². The van der Waals surface area contributed by atoms with Crippen LogP contribution in [0.25, 0.3) is 0 Å². The molecule has 5 heteroatoms. The summed E-state index contributed by atoms with van der Waals surface area (Å²) in [5.74, 6) is 0.715. The fourth-order valence-corrected chi connectivity index (χ4v) is 3.31. The molecule has 0 spiro atoms. The van der Waals surface area contributed by atoms with E-state index in [1.807, 2.05) is 18.8 Å². The van der Waals surface area contributed by atoms with Gasteiger partial charge in [0.1, 0.15) is 0 Å². The van der Waals surface area contributed by atoms with E-state index in [2.05, 4.69) is 31.6 Å². The van der Waals surface area contributed by atoms with Crippen LogP contribution in [0.3, 0.4) is 0 Å². The number of hydrogen-bond acceptors (Lipinski definition) is 3. The van der Waals surface area contributed by atoms with Gasteiger partial charge in [0.15, 0.2) is 4.60 Å². The zero-order chi connectivity index (χ0) is 11.5. The molecule has 1 heterocycles.